The number of rotatable bonds is 1. The zero-order valence-electron chi connectivity index (χ0n) is 8.72. The molecule has 5 heteroatoms. The molecule has 0 radical (unpaired) electrons. The topological polar surface area (TPSA) is 29.3 Å². The van der Waals surface area contributed by atoms with Gasteiger partial charge in [0.05, 0.1) is 10.2 Å². The van der Waals surface area contributed by atoms with Crippen LogP contribution in [0.4, 0.5) is 14.5 Å². The van der Waals surface area contributed by atoms with Gasteiger partial charge in [0.25, 0.3) is 0 Å². The Morgan fingerprint density at radius 1 is 1.19 bits per heavy atom. The Labute approximate surface area is 102 Å². The second-order valence-corrected chi connectivity index (χ2v) is 4.90. The van der Waals surface area contributed by atoms with Crippen LogP contribution >= 0.6 is 15.9 Å². The summed E-state index contributed by atoms with van der Waals surface area (Å²) < 4.78 is 27.1. The molecule has 1 saturated heterocycles. The van der Waals surface area contributed by atoms with Crippen molar-refractivity contribution >= 4 is 21.6 Å². The molecule has 0 bridgehead atoms. The maximum absolute atomic E-state index is 13.6. The van der Waals surface area contributed by atoms with E-state index >= 15 is 0 Å². The lowest BCUT2D eigenvalue weighted by molar-refractivity contribution is 0.492. The normalized spacial score (nSPS) is 17.9. The largest absolute Gasteiger partial charge is 0.369 e. The van der Waals surface area contributed by atoms with Gasteiger partial charge in [0.1, 0.15) is 11.6 Å². The minimum absolute atomic E-state index is 0.155. The van der Waals surface area contributed by atoms with Crippen LogP contribution in [0.1, 0.15) is 12.8 Å². The van der Waals surface area contributed by atoms with Crippen molar-refractivity contribution in [3.05, 3.63) is 28.2 Å². The molecule has 1 aliphatic rings. The molecule has 1 heterocycles. The molecular formula is C11H13BrF2N2. The lowest BCUT2D eigenvalue weighted by atomic mass is 10.1. The summed E-state index contributed by atoms with van der Waals surface area (Å²) in [6.45, 7) is 1.36. The number of piperidine rings is 1. The smallest absolute Gasteiger partial charge is 0.147 e. The van der Waals surface area contributed by atoms with Gasteiger partial charge in [-0.05, 0) is 34.8 Å². The molecule has 0 atom stereocenters. The highest BCUT2D eigenvalue weighted by molar-refractivity contribution is 9.10. The van der Waals surface area contributed by atoms with Crippen LogP contribution in [-0.2, 0) is 0 Å². The summed E-state index contributed by atoms with van der Waals surface area (Å²) in [6.07, 6.45) is 1.63. The summed E-state index contributed by atoms with van der Waals surface area (Å²) in [5.74, 6) is -0.838. The van der Waals surface area contributed by atoms with E-state index in [4.69, 9.17) is 5.73 Å². The van der Waals surface area contributed by atoms with Gasteiger partial charge in [-0.25, -0.2) is 8.78 Å². The minimum atomic E-state index is -0.439. The van der Waals surface area contributed by atoms with Crippen molar-refractivity contribution in [1.82, 2.24) is 0 Å². The average Bonchev–Trinajstić information content (AvgIpc) is 2.25. The van der Waals surface area contributed by atoms with Gasteiger partial charge in [-0.15, -0.1) is 0 Å². The third-order valence-corrected chi connectivity index (χ3v) is 3.48. The van der Waals surface area contributed by atoms with Crippen LogP contribution in [0, 0.1) is 11.6 Å². The van der Waals surface area contributed by atoms with Crippen LogP contribution in [0.2, 0.25) is 0 Å². The van der Waals surface area contributed by atoms with Gasteiger partial charge in [0.2, 0.25) is 0 Å². The second-order valence-electron chi connectivity index (χ2n) is 4.04. The van der Waals surface area contributed by atoms with Gasteiger partial charge in [-0.2, -0.15) is 0 Å². The summed E-state index contributed by atoms with van der Waals surface area (Å²) in [7, 11) is 0. The Morgan fingerprint density at radius 3 is 2.44 bits per heavy atom. The highest BCUT2D eigenvalue weighted by atomic mass is 79.9. The van der Waals surface area contributed by atoms with E-state index in [1.165, 1.54) is 12.1 Å². The molecule has 0 spiro atoms. The molecule has 1 aromatic rings. The summed E-state index contributed by atoms with van der Waals surface area (Å²) in [6, 6.07) is 2.58. The lowest BCUT2D eigenvalue weighted by Crippen LogP contribution is -2.40. The first-order valence-electron chi connectivity index (χ1n) is 5.23. The zero-order valence-corrected chi connectivity index (χ0v) is 10.3. The highest BCUT2D eigenvalue weighted by Crippen LogP contribution is 2.28. The molecule has 2 nitrogen and oxygen atoms in total. The fourth-order valence-corrected chi connectivity index (χ4v) is 2.21. The number of nitrogens with two attached hydrogens (primary N) is 1. The summed E-state index contributed by atoms with van der Waals surface area (Å²) >= 11 is 2.96. The van der Waals surface area contributed by atoms with Crippen molar-refractivity contribution in [2.75, 3.05) is 18.0 Å². The Morgan fingerprint density at radius 2 is 1.81 bits per heavy atom. The SMILES string of the molecule is NC1CCN(c2cc(F)c(Br)cc2F)CC1. The minimum Gasteiger partial charge on any atom is -0.369 e. The highest BCUT2D eigenvalue weighted by Gasteiger charge is 2.20. The van der Waals surface area contributed by atoms with Crippen LogP contribution in [0.25, 0.3) is 0 Å². The fraction of sp³-hybridized carbons (Fsp3) is 0.455. The molecule has 88 valence electrons. The lowest BCUT2D eigenvalue weighted by Gasteiger charge is -2.32. The van der Waals surface area contributed by atoms with E-state index in [1.807, 2.05) is 4.90 Å². The first kappa shape index (κ1) is 11.8. The number of benzene rings is 1. The van der Waals surface area contributed by atoms with Crippen molar-refractivity contribution < 1.29 is 8.78 Å². The number of halogens is 3. The van der Waals surface area contributed by atoms with E-state index in [-0.39, 0.29) is 10.5 Å². The van der Waals surface area contributed by atoms with Gasteiger partial charge in [0.15, 0.2) is 0 Å². The number of anilines is 1. The molecule has 1 fully saturated rings. The third-order valence-electron chi connectivity index (χ3n) is 2.87. The van der Waals surface area contributed by atoms with Gasteiger partial charge in [0, 0.05) is 25.2 Å². The average molecular weight is 291 g/mol. The third kappa shape index (κ3) is 2.35. The molecule has 2 rings (SSSR count). The van der Waals surface area contributed by atoms with Crippen LogP contribution in [0.5, 0.6) is 0 Å². The van der Waals surface area contributed by atoms with E-state index in [0.29, 0.717) is 18.8 Å². The van der Waals surface area contributed by atoms with Crippen LogP contribution in [-0.4, -0.2) is 19.1 Å². The van der Waals surface area contributed by atoms with Gasteiger partial charge >= 0.3 is 0 Å². The summed E-state index contributed by atoms with van der Waals surface area (Å²) in [5, 5.41) is 0. The van der Waals surface area contributed by atoms with Crippen molar-refractivity contribution in [3.63, 3.8) is 0 Å². The summed E-state index contributed by atoms with van der Waals surface area (Å²) in [5.41, 5.74) is 6.09. The zero-order chi connectivity index (χ0) is 11.7. The van der Waals surface area contributed by atoms with E-state index in [1.54, 1.807) is 0 Å². The van der Waals surface area contributed by atoms with Crippen molar-refractivity contribution in [3.8, 4) is 0 Å². The molecule has 0 aliphatic carbocycles. The molecular weight excluding hydrogens is 278 g/mol. The van der Waals surface area contributed by atoms with Gasteiger partial charge in [-0.3, -0.25) is 0 Å². The fourth-order valence-electron chi connectivity index (χ4n) is 1.89. The van der Waals surface area contributed by atoms with Crippen molar-refractivity contribution in [1.29, 1.82) is 0 Å². The van der Waals surface area contributed by atoms with Crippen LogP contribution in [0.15, 0.2) is 16.6 Å². The van der Waals surface area contributed by atoms with E-state index in [9.17, 15) is 8.78 Å². The van der Waals surface area contributed by atoms with Gasteiger partial charge < -0.3 is 10.6 Å². The Hall–Kier alpha value is -0.680. The maximum Gasteiger partial charge on any atom is 0.147 e. The summed E-state index contributed by atoms with van der Waals surface area (Å²) in [4.78, 5) is 1.84. The van der Waals surface area contributed by atoms with E-state index in [0.717, 1.165) is 12.8 Å². The Kier molecular flexibility index (Phi) is 3.44. The predicted octanol–water partition coefficient (Wildman–Crippen LogP) is 2.65. The molecule has 1 aromatic carbocycles. The second kappa shape index (κ2) is 4.67. The molecule has 0 unspecified atom stereocenters. The van der Waals surface area contributed by atoms with E-state index in [2.05, 4.69) is 15.9 Å². The predicted molar refractivity (Wildman–Crippen MR) is 63.5 cm³/mol. The first-order valence-corrected chi connectivity index (χ1v) is 6.02. The molecule has 0 saturated carbocycles. The molecule has 1 aliphatic heterocycles. The molecule has 16 heavy (non-hydrogen) atoms. The Bertz CT molecular complexity index is 390. The number of hydrogen-bond donors (Lipinski definition) is 1. The first-order chi connectivity index (χ1) is 7.58. The molecule has 0 amide bonds. The molecule has 0 aromatic heterocycles. The maximum atomic E-state index is 13.6. The van der Waals surface area contributed by atoms with Crippen LogP contribution in [0.3, 0.4) is 0 Å². The number of hydrogen-bond acceptors (Lipinski definition) is 2. The quantitative estimate of drug-likeness (QED) is 0.806. The standard InChI is InChI=1S/C11H13BrF2N2/c12-8-5-10(14)11(6-9(8)13)16-3-1-7(15)2-4-16/h5-7H,1-4,15H2. The van der Waals surface area contributed by atoms with Crippen LogP contribution < -0.4 is 10.6 Å². The monoisotopic (exact) mass is 290 g/mol. The number of nitrogens with zero attached hydrogens (tertiary/aromatic N) is 1. The van der Waals surface area contributed by atoms with E-state index < -0.39 is 11.6 Å². The van der Waals surface area contributed by atoms with Crippen molar-refractivity contribution in [2.45, 2.75) is 18.9 Å². The Balaban J connectivity index is 2.23. The van der Waals surface area contributed by atoms with Gasteiger partial charge in [-0.1, -0.05) is 0 Å². The molecule has 2 N–H and O–H groups in total. The van der Waals surface area contributed by atoms with Crippen molar-refractivity contribution in [2.24, 2.45) is 5.73 Å².